The summed E-state index contributed by atoms with van der Waals surface area (Å²) in [6, 6.07) is 3.56. The second kappa shape index (κ2) is 14.6. The molecule has 1 fully saturated rings. The number of anilines is 1. The Morgan fingerprint density at radius 2 is 1.70 bits per heavy atom. The van der Waals surface area contributed by atoms with Gasteiger partial charge in [0.2, 0.25) is 11.8 Å². The maximum Gasteiger partial charge on any atom is 0.408 e. The number of aromatic amines is 1. The molecule has 2 heterocycles. The van der Waals surface area contributed by atoms with Gasteiger partial charge in [-0.1, -0.05) is 43.1 Å². The Bertz CT molecular complexity index is 1330. The zero-order valence-corrected chi connectivity index (χ0v) is 26.2. The number of halogens is 2. The van der Waals surface area contributed by atoms with Crippen molar-refractivity contribution in [2.75, 3.05) is 25.0 Å². The Balaban J connectivity index is 1.48. The van der Waals surface area contributed by atoms with E-state index in [0.717, 1.165) is 0 Å². The summed E-state index contributed by atoms with van der Waals surface area (Å²) in [6.07, 6.45) is 1.61. The highest BCUT2D eigenvalue weighted by Crippen LogP contribution is 2.26. The van der Waals surface area contributed by atoms with Crippen LogP contribution in [0.1, 0.15) is 68.3 Å². The number of aromatic nitrogens is 2. The van der Waals surface area contributed by atoms with Gasteiger partial charge in [0, 0.05) is 25.3 Å². The first-order chi connectivity index (χ1) is 20.2. The number of H-pyrrole nitrogens is 1. The molecule has 234 valence electrons. The first kappa shape index (κ1) is 33.7. The molecule has 0 aliphatic carbocycles. The van der Waals surface area contributed by atoms with E-state index in [9.17, 15) is 24.0 Å². The average molecular weight is 639 g/mol. The molecule has 15 heteroatoms. The number of benzene rings is 1. The first-order valence-electron chi connectivity index (χ1n) is 13.8. The number of nitrogens with one attached hydrogen (secondary N) is 5. The van der Waals surface area contributed by atoms with Crippen LogP contribution in [0.5, 0.6) is 0 Å². The predicted molar refractivity (Wildman–Crippen MR) is 161 cm³/mol. The second-order valence-electron chi connectivity index (χ2n) is 11.4. The summed E-state index contributed by atoms with van der Waals surface area (Å²) < 4.78 is 5.23. The minimum absolute atomic E-state index is 0.0163. The van der Waals surface area contributed by atoms with Gasteiger partial charge in [0.15, 0.2) is 5.69 Å². The number of nitrogens with zero attached hydrogens (tertiary/aromatic N) is 2. The van der Waals surface area contributed by atoms with Crippen molar-refractivity contribution >= 4 is 58.6 Å². The molecule has 43 heavy (non-hydrogen) atoms. The Morgan fingerprint density at radius 1 is 1.07 bits per heavy atom. The van der Waals surface area contributed by atoms with Crippen molar-refractivity contribution in [1.29, 1.82) is 0 Å². The Morgan fingerprint density at radius 3 is 2.28 bits per heavy atom. The number of piperidine rings is 1. The van der Waals surface area contributed by atoms with E-state index in [4.69, 9.17) is 27.9 Å². The highest BCUT2D eigenvalue weighted by Gasteiger charge is 2.29. The standard InChI is InChI=1S/C28H37Cl2N7O6/c1-15(2)22(35-27(42)43-28(3,4)5)25(40)31-14-20(38)37-11-9-16(10-12-37)33-26(41)23-19(13-32-36-23)34-24(39)21-17(29)7-6-8-18(21)30/h6-8,13,15-16,22H,9-12,14H2,1-5H3,(H,31,40)(H,32,36)(H,33,41)(H,34,39)(H,35,42). The maximum absolute atomic E-state index is 12.9. The van der Waals surface area contributed by atoms with Gasteiger partial charge in [-0.25, -0.2) is 4.79 Å². The number of ether oxygens (including phenoxy) is 1. The zero-order chi connectivity index (χ0) is 31.9. The lowest BCUT2D eigenvalue weighted by Crippen LogP contribution is -2.53. The highest BCUT2D eigenvalue weighted by molar-refractivity contribution is 6.40. The fourth-order valence-corrected chi connectivity index (χ4v) is 4.91. The Labute approximate surface area is 259 Å². The lowest BCUT2D eigenvalue weighted by atomic mass is 10.0. The molecule has 5 amide bonds. The van der Waals surface area contributed by atoms with Gasteiger partial charge in [0.05, 0.1) is 27.8 Å². The molecule has 1 unspecified atom stereocenters. The molecular weight excluding hydrogens is 601 g/mol. The summed E-state index contributed by atoms with van der Waals surface area (Å²) >= 11 is 12.2. The van der Waals surface area contributed by atoms with Crippen LogP contribution in [0.4, 0.5) is 10.5 Å². The fourth-order valence-electron chi connectivity index (χ4n) is 4.34. The van der Waals surface area contributed by atoms with Gasteiger partial charge in [-0.05, 0) is 51.7 Å². The van der Waals surface area contributed by atoms with Gasteiger partial charge in [0.1, 0.15) is 11.6 Å². The van der Waals surface area contributed by atoms with Crippen LogP contribution in [0.2, 0.25) is 10.0 Å². The van der Waals surface area contributed by atoms with Crippen LogP contribution in [0, 0.1) is 5.92 Å². The van der Waals surface area contributed by atoms with Crippen molar-refractivity contribution in [2.45, 2.75) is 65.1 Å². The van der Waals surface area contributed by atoms with Gasteiger partial charge >= 0.3 is 6.09 Å². The van der Waals surface area contributed by atoms with Gasteiger partial charge in [-0.3, -0.25) is 24.3 Å². The molecular formula is C28H37Cl2N7O6. The molecule has 1 atom stereocenters. The van der Waals surface area contributed by atoms with Crippen molar-refractivity contribution < 1.29 is 28.7 Å². The van der Waals surface area contributed by atoms with E-state index in [-0.39, 0.29) is 51.4 Å². The first-order valence-corrected chi connectivity index (χ1v) is 14.6. The fraction of sp³-hybridized carbons (Fsp3) is 0.500. The number of alkyl carbamates (subject to hydrolysis) is 1. The smallest absolute Gasteiger partial charge is 0.408 e. The molecule has 1 aliphatic rings. The summed E-state index contributed by atoms with van der Waals surface area (Å²) in [5.74, 6) is -2.11. The van der Waals surface area contributed by atoms with E-state index < -0.39 is 35.5 Å². The molecule has 0 bridgehead atoms. The highest BCUT2D eigenvalue weighted by atomic mass is 35.5. The summed E-state index contributed by atoms with van der Waals surface area (Å²) in [6.45, 7) is 9.20. The molecule has 1 aromatic heterocycles. The number of amides is 5. The summed E-state index contributed by atoms with van der Waals surface area (Å²) in [7, 11) is 0. The molecule has 0 spiro atoms. The summed E-state index contributed by atoms with van der Waals surface area (Å²) in [4.78, 5) is 64.9. The third kappa shape index (κ3) is 9.58. The van der Waals surface area contributed by atoms with Crippen LogP contribution in [0.3, 0.4) is 0 Å². The van der Waals surface area contributed by atoms with Crippen LogP contribution in [0.15, 0.2) is 24.4 Å². The minimum atomic E-state index is -0.873. The molecule has 1 aromatic carbocycles. The second-order valence-corrected chi connectivity index (χ2v) is 12.2. The van der Waals surface area contributed by atoms with Crippen LogP contribution in [-0.4, -0.2) is 82.1 Å². The number of rotatable bonds is 9. The number of hydrogen-bond donors (Lipinski definition) is 5. The summed E-state index contributed by atoms with van der Waals surface area (Å²) in [5.41, 5.74) is -0.503. The number of likely N-dealkylation sites (tertiary alicyclic amines) is 1. The van der Waals surface area contributed by atoms with E-state index in [1.165, 1.54) is 18.3 Å². The molecule has 1 aliphatic heterocycles. The van der Waals surface area contributed by atoms with Gasteiger partial charge in [-0.2, -0.15) is 5.10 Å². The normalized spacial score (nSPS) is 14.6. The third-order valence-electron chi connectivity index (χ3n) is 6.51. The quantitative estimate of drug-likeness (QED) is 0.280. The van der Waals surface area contributed by atoms with Crippen LogP contribution in [0.25, 0.3) is 0 Å². The number of carbonyl (C=O) groups excluding carboxylic acids is 5. The van der Waals surface area contributed by atoms with Gasteiger partial charge in [0.25, 0.3) is 11.8 Å². The molecule has 2 aromatic rings. The molecule has 1 saturated heterocycles. The van der Waals surface area contributed by atoms with Crippen LogP contribution >= 0.6 is 23.2 Å². The van der Waals surface area contributed by atoms with E-state index in [2.05, 4.69) is 31.5 Å². The van der Waals surface area contributed by atoms with Crippen molar-refractivity contribution in [2.24, 2.45) is 5.92 Å². The topological polar surface area (TPSA) is 175 Å². The monoisotopic (exact) mass is 637 g/mol. The van der Waals surface area contributed by atoms with E-state index in [1.54, 1.807) is 45.6 Å². The molecule has 5 N–H and O–H groups in total. The van der Waals surface area contributed by atoms with Crippen molar-refractivity contribution in [1.82, 2.24) is 31.0 Å². The van der Waals surface area contributed by atoms with E-state index >= 15 is 0 Å². The molecule has 0 saturated carbocycles. The van der Waals surface area contributed by atoms with Crippen molar-refractivity contribution in [3.05, 3.63) is 45.7 Å². The zero-order valence-electron chi connectivity index (χ0n) is 24.7. The molecule has 0 radical (unpaired) electrons. The average Bonchev–Trinajstić information content (AvgIpc) is 3.37. The predicted octanol–water partition coefficient (Wildman–Crippen LogP) is 3.36. The third-order valence-corrected chi connectivity index (χ3v) is 7.14. The number of hydrogen-bond acceptors (Lipinski definition) is 7. The molecule has 3 rings (SSSR count). The van der Waals surface area contributed by atoms with Crippen molar-refractivity contribution in [3.8, 4) is 0 Å². The van der Waals surface area contributed by atoms with Crippen LogP contribution < -0.4 is 21.3 Å². The Kier molecular flexibility index (Phi) is 11.4. The van der Waals surface area contributed by atoms with E-state index in [0.29, 0.717) is 25.9 Å². The SMILES string of the molecule is CC(C)C(NC(=O)OC(C)(C)C)C(=O)NCC(=O)N1CCC(NC(=O)c2n[nH]cc2NC(=O)c2c(Cl)cccc2Cl)CC1. The van der Waals surface area contributed by atoms with Crippen LogP contribution in [-0.2, 0) is 14.3 Å². The number of carbonyl (C=O) groups is 5. The minimum Gasteiger partial charge on any atom is -0.444 e. The maximum atomic E-state index is 12.9. The Hall–Kier alpha value is -3.84. The largest absolute Gasteiger partial charge is 0.444 e. The van der Waals surface area contributed by atoms with E-state index in [1.807, 2.05) is 0 Å². The van der Waals surface area contributed by atoms with Gasteiger partial charge < -0.3 is 30.9 Å². The lowest BCUT2D eigenvalue weighted by molar-refractivity contribution is -0.134. The summed E-state index contributed by atoms with van der Waals surface area (Å²) in [5, 5.41) is 17.5. The lowest BCUT2D eigenvalue weighted by Gasteiger charge is -2.32. The van der Waals surface area contributed by atoms with Gasteiger partial charge in [-0.15, -0.1) is 0 Å². The molecule has 13 nitrogen and oxygen atoms in total. The van der Waals surface area contributed by atoms with Crippen molar-refractivity contribution in [3.63, 3.8) is 0 Å².